The molecule has 58 valence electrons. The van der Waals surface area contributed by atoms with Crippen LogP contribution in [0.5, 0.6) is 0 Å². The van der Waals surface area contributed by atoms with Gasteiger partial charge in [0.15, 0.2) is 0 Å². The van der Waals surface area contributed by atoms with Crippen LogP contribution in [0.4, 0.5) is 0 Å². The molecule has 0 rings (SSSR count). The van der Waals surface area contributed by atoms with Crippen molar-refractivity contribution in [3.05, 3.63) is 12.7 Å². The Balaban J connectivity index is 2.89. The first-order chi connectivity index (χ1) is 4.91. The van der Waals surface area contributed by atoms with Crippen molar-refractivity contribution in [1.82, 2.24) is 0 Å². The van der Waals surface area contributed by atoms with Crippen LogP contribution in [0, 0.1) is 0 Å². The minimum absolute atomic E-state index is 0.579. The first-order valence-electron chi connectivity index (χ1n) is 2.93. The minimum atomic E-state index is 0.579. The molecule has 0 N–H and O–H groups in total. The second kappa shape index (κ2) is 8.52. The number of ether oxygens (including phenoxy) is 1. The van der Waals surface area contributed by atoms with Crippen molar-refractivity contribution in [3.8, 4) is 0 Å². The number of hydrogen-bond donors (Lipinski definition) is 1. The van der Waals surface area contributed by atoms with Gasteiger partial charge in [0, 0.05) is 12.6 Å². The van der Waals surface area contributed by atoms with Crippen LogP contribution in [0.15, 0.2) is 17.8 Å². The van der Waals surface area contributed by atoms with Gasteiger partial charge in [-0.2, -0.15) is 0 Å². The normalized spacial score (nSPS) is 10.1. The molecule has 0 heterocycles. The van der Waals surface area contributed by atoms with Gasteiger partial charge in [-0.3, -0.25) is 0 Å². The molecular formula is C6H11NO2S. The van der Waals surface area contributed by atoms with Crippen molar-refractivity contribution in [3.63, 3.8) is 0 Å². The molecule has 0 aliphatic rings. The maximum atomic E-state index is 5.04. The molecule has 0 spiro atoms. The third-order valence-electron chi connectivity index (χ3n) is 0.749. The van der Waals surface area contributed by atoms with Gasteiger partial charge >= 0.3 is 0 Å². The average molecular weight is 161 g/mol. The van der Waals surface area contributed by atoms with E-state index in [0.717, 1.165) is 6.42 Å². The summed E-state index contributed by atoms with van der Waals surface area (Å²) >= 11 is 3.41. The fourth-order valence-corrected chi connectivity index (χ4v) is 0.455. The van der Waals surface area contributed by atoms with Crippen molar-refractivity contribution in [2.45, 2.75) is 6.42 Å². The average Bonchev–Trinajstić information content (AvgIpc) is 1.97. The molecule has 0 aliphatic carbocycles. The fourth-order valence-electron chi connectivity index (χ4n) is 0.389. The second-order valence-electron chi connectivity index (χ2n) is 1.52. The lowest BCUT2D eigenvalue weighted by molar-refractivity contribution is 0.170. The highest BCUT2D eigenvalue weighted by atomic mass is 32.1. The van der Waals surface area contributed by atoms with Gasteiger partial charge in [-0.1, -0.05) is 11.2 Å². The van der Waals surface area contributed by atoms with E-state index < -0.39 is 0 Å². The molecule has 0 saturated carbocycles. The van der Waals surface area contributed by atoms with Crippen LogP contribution in [-0.2, 0) is 9.02 Å². The van der Waals surface area contributed by atoms with Crippen LogP contribution in [0.25, 0.3) is 0 Å². The van der Waals surface area contributed by atoms with Gasteiger partial charge in [0.2, 0.25) is 0 Å². The van der Waals surface area contributed by atoms with Gasteiger partial charge in [-0.05, 0) is 0 Å². The maximum Gasteiger partial charge on any atom is 0.0715 e. The highest BCUT2D eigenvalue weighted by Crippen LogP contribution is 1.82. The molecular weight excluding hydrogens is 150 g/mol. The minimum Gasteiger partial charge on any atom is -0.377 e. The predicted octanol–water partition coefficient (Wildman–Crippen LogP) is 1.43. The van der Waals surface area contributed by atoms with E-state index in [0.29, 0.717) is 13.2 Å². The van der Waals surface area contributed by atoms with E-state index in [1.807, 2.05) is 0 Å². The zero-order valence-corrected chi connectivity index (χ0v) is 6.59. The zero-order chi connectivity index (χ0) is 7.66. The third kappa shape index (κ3) is 7.52. The molecule has 3 nitrogen and oxygen atoms in total. The maximum absolute atomic E-state index is 5.04. The Morgan fingerprint density at radius 1 is 1.60 bits per heavy atom. The summed E-state index contributed by atoms with van der Waals surface area (Å²) < 4.78 is 9.18. The topological polar surface area (TPSA) is 30.8 Å². The summed E-state index contributed by atoms with van der Waals surface area (Å²) in [5.41, 5.74) is 0. The van der Waals surface area contributed by atoms with Crippen molar-refractivity contribution < 1.29 is 9.02 Å². The van der Waals surface area contributed by atoms with Crippen molar-refractivity contribution >= 4 is 19.1 Å². The summed E-state index contributed by atoms with van der Waals surface area (Å²) in [5.74, 6) is 0. The van der Waals surface area contributed by atoms with E-state index in [4.69, 9.17) is 4.74 Å². The number of hydrogen-bond acceptors (Lipinski definition) is 4. The van der Waals surface area contributed by atoms with Crippen molar-refractivity contribution in [2.24, 2.45) is 5.16 Å². The Hall–Kier alpha value is -0.480. The molecule has 0 aromatic carbocycles. The fraction of sp³-hybridized carbons (Fsp3) is 0.500. The van der Waals surface area contributed by atoms with Crippen LogP contribution in [0.1, 0.15) is 6.42 Å². The lowest BCUT2D eigenvalue weighted by atomic mass is 10.5. The van der Waals surface area contributed by atoms with E-state index >= 15 is 0 Å². The summed E-state index contributed by atoms with van der Waals surface area (Å²) in [7, 11) is 0. The molecule has 4 heteroatoms. The highest BCUT2D eigenvalue weighted by Gasteiger charge is 1.80. The lowest BCUT2D eigenvalue weighted by Crippen LogP contribution is -1.93. The van der Waals surface area contributed by atoms with E-state index in [-0.39, 0.29) is 0 Å². The molecule has 0 aliphatic heterocycles. The smallest absolute Gasteiger partial charge is 0.0715 e. The van der Waals surface area contributed by atoms with Gasteiger partial charge in [0.25, 0.3) is 0 Å². The number of nitrogens with zero attached hydrogens (tertiary/aromatic N) is 1. The summed E-state index contributed by atoms with van der Waals surface area (Å²) in [4.78, 5) is 0. The van der Waals surface area contributed by atoms with E-state index in [1.165, 1.54) is 0 Å². The van der Waals surface area contributed by atoms with Gasteiger partial charge in [0.05, 0.1) is 26.1 Å². The van der Waals surface area contributed by atoms with E-state index in [2.05, 4.69) is 28.9 Å². The van der Waals surface area contributed by atoms with Crippen LogP contribution >= 0.6 is 12.9 Å². The number of rotatable bonds is 6. The van der Waals surface area contributed by atoms with Gasteiger partial charge in [0.1, 0.15) is 0 Å². The van der Waals surface area contributed by atoms with Gasteiger partial charge in [-0.15, -0.1) is 6.58 Å². The number of oxime groups is 1. The molecule has 0 atom stereocenters. The molecule has 0 bridgehead atoms. The monoisotopic (exact) mass is 161 g/mol. The van der Waals surface area contributed by atoms with E-state index in [9.17, 15) is 0 Å². The Labute approximate surface area is 66.3 Å². The lowest BCUT2D eigenvalue weighted by Gasteiger charge is -1.94. The van der Waals surface area contributed by atoms with Crippen LogP contribution in [0.2, 0.25) is 0 Å². The third-order valence-corrected chi connectivity index (χ3v) is 0.843. The van der Waals surface area contributed by atoms with Crippen LogP contribution in [0.3, 0.4) is 0 Å². The van der Waals surface area contributed by atoms with Crippen LogP contribution in [-0.4, -0.2) is 19.4 Å². The van der Waals surface area contributed by atoms with Crippen molar-refractivity contribution in [2.75, 3.05) is 13.2 Å². The Morgan fingerprint density at radius 3 is 3.00 bits per heavy atom. The summed E-state index contributed by atoms with van der Waals surface area (Å²) in [6.45, 7) is 4.71. The standard InChI is InChI=1S/C6H11NO2S/c1-2-5-8-6-3-4-7-9-10/h2,4,10H,1,3,5-6H2. The quantitative estimate of drug-likeness (QED) is 0.159. The first-order valence-corrected chi connectivity index (χ1v) is 3.29. The largest absolute Gasteiger partial charge is 0.377 e. The molecule has 0 unspecified atom stereocenters. The van der Waals surface area contributed by atoms with Crippen LogP contribution < -0.4 is 0 Å². The van der Waals surface area contributed by atoms with Gasteiger partial charge < -0.3 is 9.02 Å². The summed E-state index contributed by atoms with van der Waals surface area (Å²) in [5, 5.41) is 3.40. The molecule has 10 heavy (non-hydrogen) atoms. The second-order valence-corrected chi connectivity index (χ2v) is 1.69. The molecule has 0 saturated heterocycles. The highest BCUT2D eigenvalue weighted by molar-refractivity contribution is 7.75. The Morgan fingerprint density at radius 2 is 2.40 bits per heavy atom. The molecule has 0 amide bonds. The summed E-state index contributed by atoms with van der Waals surface area (Å²) in [6.07, 6.45) is 4.02. The molecule has 0 aromatic rings. The predicted molar refractivity (Wildman–Crippen MR) is 44.2 cm³/mol. The Kier molecular flexibility index (Phi) is 8.11. The zero-order valence-electron chi connectivity index (χ0n) is 5.69. The molecule has 0 radical (unpaired) electrons. The first kappa shape index (κ1) is 9.52. The molecule has 0 aromatic heterocycles. The summed E-state index contributed by atoms with van der Waals surface area (Å²) in [6, 6.07) is 0. The molecule has 0 fully saturated rings. The van der Waals surface area contributed by atoms with Crippen molar-refractivity contribution in [1.29, 1.82) is 0 Å². The van der Waals surface area contributed by atoms with Gasteiger partial charge in [-0.25, -0.2) is 0 Å². The Bertz CT molecular complexity index is 106. The SMILES string of the molecule is C=CCOCCC=NOS. The van der Waals surface area contributed by atoms with E-state index in [1.54, 1.807) is 12.3 Å². The number of thiol groups is 1.